The molecule has 0 spiro atoms. The van der Waals surface area contributed by atoms with Crippen LogP contribution in [0.3, 0.4) is 0 Å². The molecule has 0 saturated heterocycles. The molecule has 338 valence electrons. The van der Waals surface area contributed by atoms with Gasteiger partial charge in [0.15, 0.2) is 0 Å². The van der Waals surface area contributed by atoms with E-state index in [9.17, 15) is 39.8 Å². The summed E-state index contributed by atoms with van der Waals surface area (Å²) in [5.41, 5.74) is 0. The molecule has 1 rings (SSSR count). The second-order valence-electron chi connectivity index (χ2n) is 15.5. The van der Waals surface area contributed by atoms with Crippen LogP contribution >= 0.6 is 7.82 Å². The number of hydrogen-bond donors (Lipinski definition) is 6. The fourth-order valence-electron chi connectivity index (χ4n) is 6.52. The maximum atomic E-state index is 12.8. The van der Waals surface area contributed by atoms with E-state index < -0.39 is 63.1 Å². The summed E-state index contributed by atoms with van der Waals surface area (Å²) in [5, 5.41) is 50.1. The lowest BCUT2D eigenvalue weighted by Crippen LogP contribution is -2.64. The Kier molecular flexibility index (Phi) is 33.7. The Bertz CT molecular complexity index is 1140. The van der Waals surface area contributed by atoms with E-state index in [2.05, 4.69) is 62.5 Å². The quantitative estimate of drug-likeness (QED) is 0.0151. The first-order chi connectivity index (χ1) is 28.0. The third-order valence-electron chi connectivity index (χ3n) is 10.2. The lowest BCUT2D eigenvalue weighted by Gasteiger charge is -2.41. The fourth-order valence-corrected chi connectivity index (χ4v) is 7.49. The van der Waals surface area contributed by atoms with Crippen LogP contribution in [0.4, 0.5) is 0 Å². The molecule has 0 aromatic rings. The van der Waals surface area contributed by atoms with E-state index in [0.717, 1.165) is 89.9 Å². The summed E-state index contributed by atoms with van der Waals surface area (Å²) in [6.45, 7) is 4.15. The number of phosphoric acid groups is 1. The number of rotatable bonds is 37. The molecule has 6 N–H and O–H groups in total. The second kappa shape index (κ2) is 36.0. The molecule has 0 heterocycles. The Morgan fingerprint density at radius 1 is 0.552 bits per heavy atom. The largest absolute Gasteiger partial charge is 0.472 e. The van der Waals surface area contributed by atoms with Crippen molar-refractivity contribution >= 4 is 13.8 Å². The number of esters is 1. The Balaban J connectivity index is 2.43. The normalized spacial score (nSPS) is 23.1. The third kappa shape index (κ3) is 27.9. The Morgan fingerprint density at radius 2 is 0.983 bits per heavy atom. The molecule has 0 bridgehead atoms. The molecule has 0 aromatic heterocycles. The van der Waals surface area contributed by atoms with E-state index in [1.54, 1.807) is 0 Å². The second-order valence-corrected chi connectivity index (χ2v) is 16.9. The average Bonchev–Trinajstić information content (AvgIpc) is 3.21. The average molecular weight is 845 g/mol. The van der Waals surface area contributed by atoms with Crippen LogP contribution in [0.1, 0.15) is 168 Å². The number of allylic oxidation sites excluding steroid dienone is 8. The van der Waals surface area contributed by atoms with E-state index in [4.69, 9.17) is 18.5 Å². The van der Waals surface area contributed by atoms with E-state index in [0.29, 0.717) is 13.0 Å². The first-order valence-electron chi connectivity index (χ1n) is 22.5. The number of aliphatic hydroxyl groups excluding tert-OH is 5. The number of unbranched alkanes of at least 4 members (excludes halogenated alkanes) is 17. The molecule has 58 heavy (non-hydrogen) atoms. The molecule has 13 heteroatoms. The zero-order chi connectivity index (χ0) is 42.7. The van der Waals surface area contributed by atoms with Gasteiger partial charge in [-0.25, -0.2) is 4.57 Å². The number of hydrogen-bond acceptors (Lipinski definition) is 11. The van der Waals surface area contributed by atoms with Crippen molar-refractivity contribution in [3.8, 4) is 0 Å². The summed E-state index contributed by atoms with van der Waals surface area (Å²) in [6.07, 6.45) is 30.3. The monoisotopic (exact) mass is 845 g/mol. The van der Waals surface area contributed by atoms with Crippen LogP contribution in [0, 0.1) is 0 Å². The molecule has 1 fully saturated rings. The summed E-state index contributed by atoms with van der Waals surface area (Å²) in [4.78, 5) is 23.1. The highest BCUT2D eigenvalue weighted by atomic mass is 31.2. The van der Waals surface area contributed by atoms with E-state index in [1.807, 2.05) is 0 Å². The first-order valence-corrected chi connectivity index (χ1v) is 24.0. The number of carbonyl (C=O) groups is 1. The maximum absolute atomic E-state index is 12.8. The van der Waals surface area contributed by atoms with Gasteiger partial charge in [-0.05, 0) is 70.6 Å². The Labute approximate surface area is 350 Å². The first kappa shape index (κ1) is 54.3. The van der Waals surface area contributed by atoms with E-state index in [1.165, 1.54) is 51.4 Å². The highest BCUT2D eigenvalue weighted by Gasteiger charge is 2.51. The van der Waals surface area contributed by atoms with E-state index in [-0.39, 0.29) is 13.0 Å². The smallest absolute Gasteiger partial charge is 0.457 e. The van der Waals surface area contributed by atoms with Crippen molar-refractivity contribution in [3.05, 3.63) is 48.6 Å². The van der Waals surface area contributed by atoms with E-state index >= 15 is 0 Å². The SMILES string of the molecule is CCCC/C=C\C/C=C\CCCCCCCC(=O)OC(COCCCCCCCC/C=C\C/C=C\CCCCCC)COP(=O)(O)OC1C(O)C(O)C(O)C(O)C1O. The van der Waals surface area contributed by atoms with Gasteiger partial charge in [-0.1, -0.05) is 140 Å². The molecular formula is C45H81O12P. The molecule has 1 aliphatic carbocycles. The van der Waals surface area contributed by atoms with Crippen LogP contribution in [0.2, 0.25) is 0 Å². The summed E-state index contributed by atoms with van der Waals surface area (Å²) in [5.74, 6) is -0.497. The summed E-state index contributed by atoms with van der Waals surface area (Å²) in [6, 6.07) is 0. The minimum Gasteiger partial charge on any atom is -0.457 e. The Hall–Kier alpha value is -1.70. The summed E-state index contributed by atoms with van der Waals surface area (Å²) >= 11 is 0. The van der Waals surface area contributed by atoms with Crippen molar-refractivity contribution in [1.29, 1.82) is 0 Å². The molecule has 0 aliphatic heterocycles. The number of phosphoric ester groups is 1. The van der Waals surface area contributed by atoms with Crippen LogP contribution in [0.15, 0.2) is 48.6 Å². The molecule has 6 atom stereocenters. The fraction of sp³-hybridized carbons (Fsp3) is 0.800. The molecule has 0 aromatic carbocycles. The van der Waals surface area contributed by atoms with Crippen LogP contribution < -0.4 is 0 Å². The van der Waals surface area contributed by atoms with Gasteiger partial charge in [-0.2, -0.15) is 0 Å². The predicted molar refractivity (Wildman–Crippen MR) is 230 cm³/mol. The number of aliphatic hydroxyl groups is 5. The highest BCUT2D eigenvalue weighted by molar-refractivity contribution is 7.47. The van der Waals surface area contributed by atoms with Crippen molar-refractivity contribution in [2.24, 2.45) is 0 Å². The topological polar surface area (TPSA) is 192 Å². The van der Waals surface area contributed by atoms with Crippen molar-refractivity contribution < 1.29 is 58.3 Å². The summed E-state index contributed by atoms with van der Waals surface area (Å²) in [7, 11) is -5.02. The minimum absolute atomic E-state index is 0.0908. The molecular weight excluding hydrogens is 763 g/mol. The molecule has 0 amide bonds. The molecule has 12 nitrogen and oxygen atoms in total. The van der Waals surface area contributed by atoms with Gasteiger partial charge < -0.3 is 39.9 Å². The molecule has 6 unspecified atom stereocenters. The number of carbonyl (C=O) groups excluding carboxylic acids is 1. The third-order valence-corrected chi connectivity index (χ3v) is 11.2. The molecule has 1 saturated carbocycles. The highest BCUT2D eigenvalue weighted by Crippen LogP contribution is 2.47. The van der Waals surface area contributed by atoms with Crippen LogP contribution in [0.5, 0.6) is 0 Å². The lowest BCUT2D eigenvalue weighted by molar-refractivity contribution is -0.220. The predicted octanol–water partition coefficient (Wildman–Crippen LogP) is 8.86. The number of ether oxygens (including phenoxy) is 2. The van der Waals surface area contributed by atoms with Gasteiger partial charge in [0, 0.05) is 13.0 Å². The minimum atomic E-state index is -5.02. The van der Waals surface area contributed by atoms with Crippen molar-refractivity contribution in [2.75, 3.05) is 19.8 Å². The van der Waals surface area contributed by atoms with Crippen molar-refractivity contribution in [3.63, 3.8) is 0 Å². The van der Waals surface area contributed by atoms with Crippen molar-refractivity contribution in [1.82, 2.24) is 0 Å². The van der Waals surface area contributed by atoms with Gasteiger partial charge in [0.25, 0.3) is 0 Å². The molecule has 0 radical (unpaired) electrons. The van der Waals surface area contributed by atoms with Crippen molar-refractivity contribution in [2.45, 2.75) is 211 Å². The summed E-state index contributed by atoms with van der Waals surface area (Å²) < 4.78 is 34.1. The Morgan fingerprint density at radius 3 is 1.50 bits per heavy atom. The maximum Gasteiger partial charge on any atom is 0.472 e. The van der Waals surface area contributed by atoms with Gasteiger partial charge in [-0.15, -0.1) is 0 Å². The van der Waals surface area contributed by atoms with Gasteiger partial charge in [0.2, 0.25) is 0 Å². The van der Waals surface area contributed by atoms with Crippen LogP contribution in [-0.4, -0.2) is 98.9 Å². The van der Waals surface area contributed by atoms with Gasteiger partial charge in [0.05, 0.1) is 13.2 Å². The zero-order valence-electron chi connectivity index (χ0n) is 35.8. The van der Waals surface area contributed by atoms with Crippen LogP contribution in [0.25, 0.3) is 0 Å². The van der Waals surface area contributed by atoms with Gasteiger partial charge >= 0.3 is 13.8 Å². The lowest BCUT2D eigenvalue weighted by atomic mass is 9.85. The van der Waals surface area contributed by atoms with Gasteiger partial charge in [-0.3, -0.25) is 13.8 Å². The van der Waals surface area contributed by atoms with Crippen LogP contribution in [-0.2, 0) is 27.9 Å². The molecule has 1 aliphatic rings. The standard InChI is InChI=1S/C45H81O12P/c1-3-5-7-9-11-13-15-17-19-20-21-23-25-27-29-31-33-35-54-36-38(37-55-58(52,53)57-45-43(50)41(48)40(47)42(49)44(45)51)56-39(46)34-32-30-28-26-24-22-18-16-14-12-10-8-6-4-2/h10,12-13,15-16,18-20,38,40-45,47-51H,3-9,11,14,17,21-37H2,1-2H3,(H,52,53)/b12-10-,15-13-,18-16-,20-19-. The van der Waals surface area contributed by atoms with Gasteiger partial charge in [0.1, 0.15) is 42.7 Å². The zero-order valence-corrected chi connectivity index (χ0v) is 36.7.